The van der Waals surface area contributed by atoms with E-state index in [-0.39, 0.29) is 30.6 Å². The molecule has 7 N–H and O–H groups in total. The number of hydrogen-bond donors (Lipinski definition) is 7. The van der Waals surface area contributed by atoms with Crippen molar-refractivity contribution >= 4 is 52.6 Å². The molecule has 1 aliphatic heterocycles. The number of aliphatic hydroxyl groups is 2. The van der Waals surface area contributed by atoms with E-state index in [1.807, 2.05) is 66.0 Å². The summed E-state index contributed by atoms with van der Waals surface area (Å²) in [6, 6.07) is 18.4. The molecule has 348 valence electrons. The second-order valence-corrected chi connectivity index (χ2v) is 17.4. The standard InChI is InChI=1S/C40H53N7O5S2.C4H6O6/c1-29(2)38-43-34(27-53-38)25-46(3)39(49)45-36(16-17-47-18-20-51-21-19-47)37(48)42-32(22-30-10-6-4-7-11-30)14-15-33(23-31-12-8-5-9-13-31)44-40(50)52-26-35-24-41-28-54-35;5-1(3(7)8)2(6)4(9)10/h4-13,24,27-29,32-33,36H,14-23,25-26H2,1-3H3,(H,42,48)(H,44,50)(H,45,49);1-2,5-6H,(H,7,8)(H,9,10). The Hall–Kier alpha value is -5.51. The van der Waals surface area contributed by atoms with Crippen molar-refractivity contribution in [3.8, 4) is 0 Å². The minimum atomic E-state index is -2.27. The SMILES string of the molecule is CC(C)c1nc(CN(C)C(=O)NC(CCN2CCOCC2)C(=O)NC(CCC(Cc2ccccc2)NC(=O)OCc2cncs2)Cc2ccccc2)cs1.O=C(O)C(O)C(O)C(=O)O. The normalized spacial score (nSPS) is 15.0. The number of aromatic nitrogens is 2. The Morgan fingerprint density at radius 1 is 0.828 bits per heavy atom. The van der Waals surface area contributed by atoms with Crippen LogP contribution in [0.5, 0.6) is 0 Å². The maximum atomic E-state index is 14.2. The third-order valence-electron chi connectivity index (χ3n) is 10.1. The highest BCUT2D eigenvalue weighted by Gasteiger charge is 2.30. The van der Waals surface area contributed by atoms with Crippen molar-refractivity contribution in [3.63, 3.8) is 0 Å². The second kappa shape index (κ2) is 27.0. The fourth-order valence-electron chi connectivity index (χ4n) is 6.52. The van der Waals surface area contributed by atoms with Crippen molar-refractivity contribution < 1.29 is 53.9 Å². The molecule has 0 aliphatic carbocycles. The lowest BCUT2D eigenvalue weighted by molar-refractivity contribution is -0.165. The molecule has 18 nitrogen and oxygen atoms in total. The van der Waals surface area contributed by atoms with Crippen LogP contribution in [0.2, 0.25) is 0 Å². The fraction of sp³-hybridized carbons (Fsp3) is 0.477. The van der Waals surface area contributed by atoms with Gasteiger partial charge in [0.15, 0.2) is 12.2 Å². The Morgan fingerprint density at radius 3 is 1.92 bits per heavy atom. The van der Waals surface area contributed by atoms with Gasteiger partial charge in [0.2, 0.25) is 5.91 Å². The van der Waals surface area contributed by atoms with Gasteiger partial charge in [0.05, 0.1) is 40.8 Å². The van der Waals surface area contributed by atoms with E-state index in [4.69, 9.17) is 29.9 Å². The van der Waals surface area contributed by atoms with Crippen LogP contribution in [0.15, 0.2) is 77.8 Å². The number of benzene rings is 2. The number of aliphatic carboxylic acids is 2. The molecule has 4 amide bonds. The minimum Gasteiger partial charge on any atom is -0.479 e. The summed E-state index contributed by atoms with van der Waals surface area (Å²) < 4.78 is 11.1. The number of alkyl carbamates (subject to hydrolysis) is 1. The average molecular weight is 926 g/mol. The highest BCUT2D eigenvalue weighted by Crippen LogP contribution is 2.20. The van der Waals surface area contributed by atoms with E-state index < -0.39 is 36.3 Å². The van der Waals surface area contributed by atoms with E-state index in [1.54, 1.807) is 35.0 Å². The largest absolute Gasteiger partial charge is 0.479 e. The van der Waals surface area contributed by atoms with Crippen LogP contribution in [0.1, 0.15) is 65.7 Å². The van der Waals surface area contributed by atoms with Gasteiger partial charge in [0.1, 0.15) is 12.6 Å². The zero-order valence-corrected chi connectivity index (χ0v) is 37.8. The summed E-state index contributed by atoms with van der Waals surface area (Å²) in [7, 11) is 1.72. The second-order valence-electron chi connectivity index (χ2n) is 15.5. The number of amides is 4. The van der Waals surface area contributed by atoms with Crippen molar-refractivity contribution in [2.24, 2.45) is 0 Å². The van der Waals surface area contributed by atoms with Crippen LogP contribution in [-0.4, -0.2) is 140 Å². The third kappa shape index (κ3) is 18.3. The third-order valence-corrected chi connectivity index (χ3v) is 12.0. The molecule has 5 atom stereocenters. The predicted molar refractivity (Wildman–Crippen MR) is 240 cm³/mol. The number of urea groups is 1. The fourth-order valence-corrected chi connectivity index (χ4v) is 7.85. The Labute approximate surface area is 380 Å². The molecule has 20 heteroatoms. The molecule has 0 bridgehead atoms. The predicted octanol–water partition coefficient (Wildman–Crippen LogP) is 3.88. The Kier molecular flexibility index (Phi) is 21.5. The van der Waals surface area contributed by atoms with Crippen LogP contribution in [-0.2, 0) is 49.9 Å². The first-order chi connectivity index (χ1) is 30.7. The highest BCUT2D eigenvalue weighted by atomic mass is 32.1. The lowest BCUT2D eigenvalue weighted by Crippen LogP contribution is -2.54. The quantitative estimate of drug-likeness (QED) is 0.0591. The van der Waals surface area contributed by atoms with E-state index in [2.05, 4.69) is 44.7 Å². The van der Waals surface area contributed by atoms with Gasteiger partial charge in [-0.2, -0.15) is 0 Å². The number of carboxylic acids is 2. The van der Waals surface area contributed by atoms with Gasteiger partial charge in [-0.3, -0.25) is 14.7 Å². The molecule has 0 saturated carbocycles. The van der Waals surface area contributed by atoms with Crippen molar-refractivity contribution in [2.45, 2.75) is 95.4 Å². The topological polar surface area (TPSA) is 253 Å². The molecule has 4 aromatic rings. The first-order valence-electron chi connectivity index (χ1n) is 20.9. The number of ether oxygens (including phenoxy) is 2. The van der Waals surface area contributed by atoms with E-state index >= 15 is 0 Å². The molecule has 2 aromatic carbocycles. The van der Waals surface area contributed by atoms with Crippen molar-refractivity contribution in [2.75, 3.05) is 39.9 Å². The smallest absolute Gasteiger partial charge is 0.407 e. The number of nitrogens with one attached hydrogen (secondary N) is 3. The summed E-state index contributed by atoms with van der Waals surface area (Å²) in [5, 5.41) is 45.0. The minimum absolute atomic E-state index is 0.150. The molecule has 1 aliphatic rings. The summed E-state index contributed by atoms with van der Waals surface area (Å²) in [5.41, 5.74) is 4.70. The van der Waals surface area contributed by atoms with E-state index in [9.17, 15) is 24.0 Å². The Bertz CT molecular complexity index is 2000. The zero-order valence-electron chi connectivity index (χ0n) is 36.2. The molecule has 0 radical (unpaired) electrons. The molecule has 1 fully saturated rings. The van der Waals surface area contributed by atoms with Crippen LogP contribution in [0.25, 0.3) is 0 Å². The summed E-state index contributed by atoms with van der Waals surface area (Å²) >= 11 is 3.02. The summed E-state index contributed by atoms with van der Waals surface area (Å²) in [6.07, 6.45) is -0.537. The van der Waals surface area contributed by atoms with Crippen LogP contribution < -0.4 is 16.0 Å². The molecule has 2 aromatic heterocycles. The van der Waals surface area contributed by atoms with Crippen molar-refractivity contribution in [1.29, 1.82) is 0 Å². The van der Waals surface area contributed by atoms with Crippen molar-refractivity contribution in [1.82, 2.24) is 35.7 Å². The molecular weight excluding hydrogens is 867 g/mol. The Morgan fingerprint density at radius 2 is 1.41 bits per heavy atom. The number of morpholine rings is 1. The number of carboxylic acid groups (broad SMARTS) is 2. The van der Waals surface area contributed by atoms with Crippen molar-refractivity contribution in [3.05, 3.63) is 104 Å². The maximum Gasteiger partial charge on any atom is 0.407 e. The molecule has 1 saturated heterocycles. The number of carbonyl (C=O) groups is 5. The number of thiazole rings is 2. The monoisotopic (exact) mass is 925 g/mol. The number of carbonyl (C=O) groups excluding carboxylic acids is 3. The first-order valence-corrected chi connectivity index (χ1v) is 22.7. The molecule has 0 spiro atoms. The zero-order chi connectivity index (χ0) is 46.4. The molecule has 64 heavy (non-hydrogen) atoms. The molecule has 3 heterocycles. The van der Waals surface area contributed by atoms with E-state index in [0.29, 0.717) is 64.3 Å². The van der Waals surface area contributed by atoms with Crippen LogP contribution >= 0.6 is 22.7 Å². The number of hydrogen-bond acceptors (Lipinski definition) is 14. The van der Waals surface area contributed by atoms with Gasteiger partial charge in [-0.05, 0) is 43.2 Å². The lowest BCUT2D eigenvalue weighted by Gasteiger charge is -2.30. The first kappa shape index (κ1) is 51.1. The van der Waals surface area contributed by atoms with Gasteiger partial charge >= 0.3 is 24.1 Å². The average Bonchev–Trinajstić information content (AvgIpc) is 4.00. The maximum absolute atomic E-state index is 14.2. The molecular formula is C44H59N7O11S2. The highest BCUT2D eigenvalue weighted by molar-refractivity contribution is 7.09. The summed E-state index contributed by atoms with van der Waals surface area (Å²) in [6.45, 7) is 8.19. The molecule has 5 unspecified atom stereocenters. The van der Waals surface area contributed by atoms with Crippen LogP contribution in [0.3, 0.4) is 0 Å². The summed E-state index contributed by atoms with van der Waals surface area (Å²) in [4.78, 5) is 73.8. The van der Waals surface area contributed by atoms with E-state index in [1.165, 1.54) is 11.3 Å². The lowest BCUT2D eigenvalue weighted by atomic mass is 9.95. The molecule has 5 rings (SSSR count). The van der Waals surface area contributed by atoms with Gasteiger partial charge in [-0.15, -0.1) is 22.7 Å². The van der Waals surface area contributed by atoms with Crippen LogP contribution in [0.4, 0.5) is 9.59 Å². The van der Waals surface area contributed by atoms with Gasteiger partial charge in [0, 0.05) is 56.3 Å². The van der Waals surface area contributed by atoms with E-state index in [0.717, 1.165) is 39.8 Å². The number of aliphatic hydroxyl groups excluding tert-OH is 2. The Balaban J connectivity index is 0.000000800. The number of nitrogens with zero attached hydrogens (tertiary/aromatic N) is 4. The van der Waals surface area contributed by atoms with Gasteiger partial charge in [-0.25, -0.2) is 24.2 Å². The van der Waals surface area contributed by atoms with Gasteiger partial charge in [0.25, 0.3) is 0 Å². The number of rotatable bonds is 22. The van der Waals surface area contributed by atoms with Gasteiger partial charge in [-0.1, -0.05) is 74.5 Å². The van der Waals surface area contributed by atoms with Crippen LogP contribution in [0, 0.1) is 0 Å². The van der Waals surface area contributed by atoms with Gasteiger partial charge < -0.3 is 50.8 Å². The summed E-state index contributed by atoms with van der Waals surface area (Å²) in [5.74, 6) is -3.46.